The van der Waals surface area contributed by atoms with E-state index in [1.54, 1.807) is 12.3 Å². The van der Waals surface area contributed by atoms with E-state index >= 15 is 0 Å². The highest BCUT2D eigenvalue weighted by Gasteiger charge is 2.04. The van der Waals surface area contributed by atoms with Crippen LogP contribution in [0.2, 0.25) is 10.0 Å². The van der Waals surface area contributed by atoms with Gasteiger partial charge in [0.25, 0.3) is 0 Å². The summed E-state index contributed by atoms with van der Waals surface area (Å²) in [6.45, 7) is 2.07. The summed E-state index contributed by atoms with van der Waals surface area (Å²) in [5.41, 5.74) is 3.95. The Morgan fingerprint density at radius 1 is 1.00 bits per heavy atom. The first-order chi connectivity index (χ1) is 10.6. The van der Waals surface area contributed by atoms with Crippen molar-refractivity contribution in [1.29, 1.82) is 0 Å². The van der Waals surface area contributed by atoms with E-state index < -0.39 is 0 Å². The van der Waals surface area contributed by atoms with Crippen LogP contribution in [0.25, 0.3) is 5.69 Å². The molecule has 4 heteroatoms. The van der Waals surface area contributed by atoms with Gasteiger partial charge in [-0.1, -0.05) is 47.5 Å². The van der Waals surface area contributed by atoms with Crippen molar-refractivity contribution in [3.8, 4) is 5.69 Å². The Hall–Kier alpha value is -2.03. The number of hydrogen-bond donors (Lipinski definition) is 0. The molecule has 110 valence electrons. The molecule has 22 heavy (non-hydrogen) atoms. The van der Waals surface area contributed by atoms with Gasteiger partial charge in [-0.2, -0.15) is 0 Å². The quantitative estimate of drug-likeness (QED) is 0.537. The SMILES string of the molecule is Cc1cc(C=Nc2cccc(Cl)c2Cl)cn1-c1ccccc1. The van der Waals surface area contributed by atoms with Crippen LogP contribution in [-0.4, -0.2) is 10.8 Å². The zero-order valence-electron chi connectivity index (χ0n) is 12.0. The summed E-state index contributed by atoms with van der Waals surface area (Å²) in [4.78, 5) is 4.43. The molecule has 0 spiro atoms. The normalized spacial score (nSPS) is 11.2. The number of aliphatic imine (C=N–C) groups is 1. The molecule has 0 amide bonds. The largest absolute Gasteiger partial charge is 0.321 e. The molecule has 0 aliphatic rings. The maximum Gasteiger partial charge on any atom is 0.0848 e. The van der Waals surface area contributed by atoms with Crippen LogP contribution in [0.1, 0.15) is 11.3 Å². The molecule has 2 aromatic carbocycles. The van der Waals surface area contributed by atoms with Gasteiger partial charge < -0.3 is 4.57 Å². The summed E-state index contributed by atoms with van der Waals surface area (Å²) in [5, 5.41) is 0.981. The summed E-state index contributed by atoms with van der Waals surface area (Å²) in [6, 6.07) is 17.7. The monoisotopic (exact) mass is 328 g/mol. The number of para-hydroxylation sites is 1. The van der Waals surface area contributed by atoms with Crippen LogP contribution < -0.4 is 0 Å². The smallest absolute Gasteiger partial charge is 0.0848 e. The Balaban J connectivity index is 1.91. The van der Waals surface area contributed by atoms with Crippen LogP contribution in [-0.2, 0) is 0 Å². The number of benzene rings is 2. The predicted molar refractivity (Wildman–Crippen MR) is 94.2 cm³/mol. The minimum absolute atomic E-state index is 0.472. The third kappa shape index (κ3) is 3.08. The molecule has 1 aromatic heterocycles. The maximum absolute atomic E-state index is 6.14. The Bertz CT molecular complexity index is 820. The Kier molecular flexibility index (Phi) is 4.32. The summed E-state index contributed by atoms with van der Waals surface area (Å²) >= 11 is 12.1. The number of aromatic nitrogens is 1. The number of rotatable bonds is 3. The molecule has 0 aliphatic carbocycles. The molecule has 0 fully saturated rings. The second-order valence-electron chi connectivity index (χ2n) is 4.95. The number of halogens is 2. The zero-order chi connectivity index (χ0) is 15.5. The maximum atomic E-state index is 6.14. The summed E-state index contributed by atoms with van der Waals surface area (Å²) in [7, 11) is 0. The van der Waals surface area contributed by atoms with Crippen LogP contribution in [0, 0.1) is 6.92 Å². The molecule has 2 nitrogen and oxygen atoms in total. The number of nitrogens with zero attached hydrogens (tertiary/aromatic N) is 2. The fraction of sp³-hybridized carbons (Fsp3) is 0.0556. The third-order valence-electron chi connectivity index (χ3n) is 3.35. The van der Waals surface area contributed by atoms with Crippen LogP contribution in [0.15, 0.2) is 65.8 Å². The first-order valence-corrected chi connectivity index (χ1v) is 7.63. The molecule has 0 saturated carbocycles. The van der Waals surface area contributed by atoms with Crippen molar-refractivity contribution in [1.82, 2.24) is 4.57 Å². The molecule has 1 heterocycles. The fourth-order valence-corrected chi connectivity index (χ4v) is 2.62. The lowest BCUT2D eigenvalue weighted by molar-refractivity contribution is 1.02. The summed E-state index contributed by atoms with van der Waals surface area (Å²) in [5.74, 6) is 0. The highest BCUT2D eigenvalue weighted by molar-refractivity contribution is 6.43. The second-order valence-corrected chi connectivity index (χ2v) is 5.74. The molecule has 3 rings (SSSR count). The highest BCUT2D eigenvalue weighted by Crippen LogP contribution is 2.31. The van der Waals surface area contributed by atoms with Gasteiger partial charge in [-0.3, -0.25) is 4.99 Å². The van der Waals surface area contributed by atoms with E-state index in [-0.39, 0.29) is 0 Å². The van der Waals surface area contributed by atoms with Gasteiger partial charge >= 0.3 is 0 Å². The number of hydrogen-bond acceptors (Lipinski definition) is 1. The summed E-state index contributed by atoms with van der Waals surface area (Å²) < 4.78 is 2.13. The molecule has 0 aliphatic heterocycles. The van der Waals surface area contributed by atoms with Gasteiger partial charge in [-0.25, -0.2) is 0 Å². The second kappa shape index (κ2) is 6.39. The predicted octanol–water partition coefficient (Wildman–Crippen LogP) is 5.84. The van der Waals surface area contributed by atoms with Crippen LogP contribution >= 0.6 is 23.2 Å². The van der Waals surface area contributed by atoms with Crippen molar-refractivity contribution >= 4 is 35.1 Å². The first-order valence-electron chi connectivity index (χ1n) is 6.87. The van der Waals surface area contributed by atoms with Crippen molar-refractivity contribution in [2.45, 2.75) is 6.92 Å². The Morgan fingerprint density at radius 2 is 1.77 bits per heavy atom. The fourth-order valence-electron chi connectivity index (χ4n) is 2.27. The van der Waals surface area contributed by atoms with Crippen LogP contribution in [0.3, 0.4) is 0 Å². The average molecular weight is 329 g/mol. The van der Waals surface area contributed by atoms with Gasteiger partial charge in [-0.05, 0) is 37.3 Å². The molecule has 0 unspecified atom stereocenters. The molecular weight excluding hydrogens is 315 g/mol. The van der Waals surface area contributed by atoms with E-state index in [1.165, 1.54) is 0 Å². The molecule has 0 saturated heterocycles. The van der Waals surface area contributed by atoms with Crippen molar-refractivity contribution < 1.29 is 0 Å². The van der Waals surface area contributed by atoms with Crippen molar-refractivity contribution in [2.75, 3.05) is 0 Å². The first kappa shape index (κ1) is 14.9. The minimum atomic E-state index is 0.472. The van der Waals surface area contributed by atoms with E-state index in [1.807, 2.05) is 36.5 Å². The Morgan fingerprint density at radius 3 is 2.55 bits per heavy atom. The van der Waals surface area contributed by atoms with Gasteiger partial charge in [-0.15, -0.1) is 0 Å². The van der Waals surface area contributed by atoms with Crippen LogP contribution in [0.5, 0.6) is 0 Å². The molecule has 0 atom stereocenters. The topological polar surface area (TPSA) is 17.3 Å². The average Bonchev–Trinajstić information content (AvgIpc) is 2.91. The standard InChI is InChI=1S/C18H14Cl2N2/c1-13-10-14(12-22(13)15-6-3-2-4-7-15)11-21-17-9-5-8-16(19)18(17)20/h2-12H,1H3. The van der Waals surface area contributed by atoms with Crippen molar-refractivity contribution in [3.63, 3.8) is 0 Å². The molecule has 0 N–H and O–H groups in total. The van der Waals surface area contributed by atoms with Crippen molar-refractivity contribution in [2.24, 2.45) is 4.99 Å². The van der Waals surface area contributed by atoms with E-state index in [0.29, 0.717) is 15.7 Å². The summed E-state index contributed by atoms with van der Waals surface area (Å²) in [6.07, 6.45) is 3.84. The number of aryl methyl sites for hydroxylation is 1. The third-order valence-corrected chi connectivity index (χ3v) is 4.16. The van der Waals surface area contributed by atoms with E-state index in [4.69, 9.17) is 23.2 Å². The van der Waals surface area contributed by atoms with Crippen molar-refractivity contribution in [3.05, 3.63) is 82.1 Å². The Labute approximate surface area is 139 Å². The van der Waals surface area contributed by atoms with E-state index in [9.17, 15) is 0 Å². The van der Waals surface area contributed by atoms with Gasteiger partial charge in [0, 0.05) is 29.4 Å². The minimum Gasteiger partial charge on any atom is -0.321 e. The van der Waals surface area contributed by atoms with Crippen LogP contribution in [0.4, 0.5) is 5.69 Å². The molecule has 0 bridgehead atoms. The lowest BCUT2D eigenvalue weighted by Crippen LogP contribution is -1.93. The highest BCUT2D eigenvalue weighted by atomic mass is 35.5. The van der Waals surface area contributed by atoms with Gasteiger partial charge in [0.15, 0.2) is 0 Å². The van der Waals surface area contributed by atoms with E-state index in [2.05, 4.69) is 34.7 Å². The molecule has 0 radical (unpaired) electrons. The molecular formula is C18H14Cl2N2. The van der Waals surface area contributed by atoms with Gasteiger partial charge in [0.2, 0.25) is 0 Å². The lowest BCUT2D eigenvalue weighted by atomic mass is 10.3. The van der Waals surface area contributed by atoms with Gasteiger partial charge in [0.1, 0.15) is 0 Å². The van der Waals surface area contributed by atoms with Gasteiger partial charge in [0.05, 0.1) is 15.7 Å². The lowest BCUT2D eigenvalue weighted by Gasteiger charge is -2.04. The zero-order valence-corrected chi connectivity index (χ0v) is 13.5. The molecule has 3 aromatic rings. The van der Waals surface area contributed by atoms with E-state index in [0.717, 1.165) is 16.9 Å².